The number of aryl methyl sites for hydroxylation is 1. The van der Waals surface area contributed by atoms with Gasteiger partial charge in [-0.05, 0) is 50.8 Å². The van der Waals surface area contributed by atoms with E-state index in [4.69, 9.17) is 4.74 Å². The fourth-order valence-electron chi connectivity index (χ4n) is 3.21. The van der Waals surface area contributed by atoms with Crippen LogP contribution in [0.1, 0.15) is 56.0 Å². The molecule has 0 saturated carbocycles. The van der Waals surface area contributed by atoms with Crippen molar-refractivity contribution in [2.24, 2.45) is 0 Å². The van der Waals surface area contributed by atoms with Crippen molar-refractivity contribution in [2.75, 3.05) is 37.4 Å². The van der Waals surface area contributed by atoms with Crippen LogP contribution in [0.2, 0.25) is 0 Å². The van der Waals surface area contributed by atoms with Gasteiger partial charge < -0.3 is 15.4 Å². The summed E-state index contributed by atoms with van der Waals surface area (Å²) in [5.41, 5.74) is 1.09. The number of nitrogens with one attached hydrogen (secondary N) is 3. The number of ether oxygens (including phenoxy) is 1. The second-order valence-corrected chi connectivity index (χ2v) is 8.84. The van der Waals surface area contributed by atoms with E-state index in [0.717, 1.165) is 69.4 Å². The lowest BCUT2D eigenvalue weighted by Crippen LogP contribution is -2.34. The first kappa shape index (κ1) is 24.1. The number of unbranched alkanes of at least 4 members (excludes halogenated alkanes) is 3. The van der Waals surface area contributed by atoms with Gasteiger partial charge in [0.2, 0.25) is 5.91 Å². The maximum Gasteiger partial charge on any atom is 0.252 e. The molecule has 29 heavy (non-hydrogen) atoms. The lowest BCUT2D eigenvalue weighted by Gasteiger charge is -2.21. The highest BCUT2D eigenvalue weighted by Gasteiger charge is 2.22. The van der Waals surface area contributed by atoms with Crippen LogP contribution in [0, 0.1) is 0 Å². The number of fused-ring (bicyclic) bond motifs is 1. The topological polar surface area (TPSA) is 92.3 Å². The van der Waals surface area contributed by atoms with E-state index in [1.54, 1.807) is 0 Å². The Morgan fingerprint density at radius 2 is 1.97 bits per heavy atom. The van der Waals surface area contributed by atoms with Crippen LogP contribution in [0.25, 0.3) is 0 Å². The molecular weight excluding hydrogens is 408 g/mol. The van der Waals surface area contributed by atoms with Crippen molar-refractivity contribution >= 4 is 40.9 Å². The molecule has 0 bridgehead atoms. The van der Waals surface area contributed by atoms with Crippen LogP contribution in [-0.2, 0) is 27.2 Å². The van der Waals surface area contributed by atoms with E-state index >= 15 is 0 Å². The third-order valence-electron chi connectivity index (χ3n) is 4.74. The van der Waals surface area contributed by atoms with Crippen molar-refractivity contribution in [3.8, 4) is 0 Å². The van der Waals surface area contributed by atoms with E-state index in [1.165, 1.54) is 16.2 Å². The number of carbonyl (C=O) groups excluding carboxylic acids is 2. The average Bonchev–Trinajstić information content (AvgIpc) is 3.10. The summed E-state index contributed by atoms with van der Waals surface area (Å²) >= 11 is 5.71. The Balaban J connectivity index is 1.60. The van der Waals surface area contributed by atoms with Gasteiger partial charge in [0.25, 0.3) is 5.91 Å². The molecule has 0 radical (unpaired) electrons. The molecular formula is C20H34N4O3S2. The number of rotatable bonds is 14. The molecule has 1 aliphatic carbocycles. The number of hydrogen-bond acceptors (Lipinski definition) is 7. The zero-order chi connectivity index (χ0) is 20.9. The molecule has 1 unspecified atom stereocenters. The van der Waals surface area contributed by atoms with Crippen LogP contribution in [0.15, 0.2) is 0 Å². The minimum Gasteiger partial charge on any atom is -0.362 e. The van der Waals surface area contributed by atoms with Gasteiger partial charge in [-0.25, -0.2) is 4.98 Å². The number of nitrogens with zero attached hydrogens (tertiary/aromatic N) is 1. The highest BCUT2D eigenvalue weighted by molar-refractivity contribution is 7.80. The van der Waals surface area contributed by atoms with E-state index in [1.807, 2.05) is 0 Å². The number of thiazole rings is 1. The fourth-order valence-corrected chi connectivity index (χ4v) is 4.54. The number of anilines is 1. The fraction of sp³-hybridized carbons (Fsp3) is 0.750. The number of thiol groups is 1. The van der Waals surface area contributed by atoms with Crippen molar-refractivity contribution in [1.29, 1.82) is 0 Å². The maximum absolute atomic E-state index is 12.1. The highest BCUT2D eigenvalue weighted by atomic mass is 32.1. The molecule has 164 valence electrons. The lowest BCUT2D eigenvalue weighted by atomic mass is 9.98. The standard InChI is InChI=1S/C20H34N4O3S2/c1-2-9-21-15-7-8-16-17(12-15)29-20(23-16)24-19(26)14-27-13-18(25)22-10-5-3-4-6-11-28/h15,21,28H,2-14H2,1H3,(H,22,25)(H,23,24,26). The Labute approximate surface area is 183 Å². The summed E-state index contributed by atoms with van der Waals surface area (Å²) in [4.78, 5) is 29.6. The zero-order valence-corrected chi connectivity index (χ0v) is 19.0. The number of amides is 2. The van der Waals surface area contributed by atoms with Crippen molar-refractivity contribution < 1.29 is 14.3 Å². The van der Waals surface area contributed by atoms with Gasteiger partial charge in [-0.15, -0.1) is 11.3 Å². The van der Waals surface area contributed by atoms with Crippen LogP contribution in [0.5, 0.6) is 0 Å². The summed E-state index contributed by atoms with van der Waals surface area (Å²) in [5, 5.41) is 9.77. The molecule has 0 spiro atoms. The van der Waals surface area contributed by atoms with Gasteiger partial charge in [0, 0.05) is 17.5 Å². The van der Waals surface area contributed by atoms with Crippen LogP contribution >= 0.6 is 24.0 Å². The lowest BCUT2D eigenvalue weighted by molar-refractivity contribution is -0.128. The Hall–Kier alpha value is -1.16. The summed E-state index contributed by atoms with van der Waals surface area (Å²) in [6.45, 7) is 3.58. The van der Waals surface area contributed by atoms with Gasteiger partial charge in [0.1, 0.15) is 13.2 Å². The van der Waals surface area contributed by atoms with Gasteiger partial charge in [0.15, 0.2) is 5.13 Å². The Bertz CT molecular complexity index is 639. The molecule has 2 rings (SSSR count). The van der Waals surface area contributed by atoms with Crippen molar-refractivity contribution in [3.05, 3.63) is 10.6 Å². The molecule has 1 atom stereocenters. The molecule has 1 heterocycles. The first-order valence-corrected chi connectivity index (χ1v) is 12.0. The van der Waals surface area contributed by atoms with Gasteiger partial charge in [-0.3, -0.25) is 14.9 Å². The van der Waals surface area contributed by atoms with E-state index < -0.39 is 0 Å². The minimum atomic E-state index is -0.281. The van der Waals surface area contributed by atoms with Crippen LogP contribution < -0.4 is 16.0 Å². The van der Waals surface area contributed by atoms with Crippen molar-refractivity contribution in [3.63, 3.8) is 0 Å². The number of aromatic nitrogens is 1. The van der Waals surface area contributed by atoms with Crippen LogP contribution in [0.4, 0.5) is 5.13 Å². The normalized spacial score (nSPS) is 15.7. The predicted molar refractivity (Wildman–Crippen MR) is 121 cm³/mol. The first-order valence-electron chi connectivity index (χ1n) is 10.6. The number of carbonyl (C=O) groups is 2. The van der Waals surface area contributed by atoms with Crippen molar-refractivity contribution in [2.45, 2.75) is 64.3 Å². The third kappa shape index (κ3) is 9.46. The minimum absolute atomic E-state index is 0.108. The molecule has 1 aliphatic rings. The number of hydrogen-bond donors (Lipinski definition) is 4. The van der Waals surface area contributed by atoms with E-state index in [-0.39, 0.29) is 25.0 Å². The van der Waals surface area contributed by atoms with Gasteiger partial charge in [-0.2, -0.15) is 12.6 Å². The Morgan fingerprint density at radius 3 is 2.76 bits per heavy atom. The molecule has 2 amide bonds. The SMILES string of the molecule is CCCNC1CCc2nc(NC(=O)COCC(=O)NCCCCCCS)sc2C1. The molecule has 1 aromatic rings. The maximum atomic E-state index is 12.1. The van der Waals surface area contributed by atoms with E-state index in [9.17, 15) is 9.59 Å². The summed E-state index contributed by atoms with van der Waals surface area (Å²) in [5.74, 6) is 0.432. The summed E-state index contributed by atoms with van der Waals surface area (Å²) < 4.78 is 5.22. The smallest absolute Gasteiger partial charge is 0.252 e. The van der Waals surface area contributed by atoms with E-state index in [2.05, 4.69) is 40.5 Å². The predicted octanol–water partition coefficient (Wildman–Crippen LogP) is 2.56. The Kier molecular flexibility index (Phi) is 11.6. The van der Waals surface area contributed by atoms with Gasteiger partial charge in [0.05, 0.1) is 5.69 Å². The molecule has 0 saturated heterocycles. The summed E-state index contributed by atoms with van der Waals surface area (Å²) in [6.07, 6.45) is 8.38. The van der Waals surface area contributed by atoms with E-state index in [0.29, 0.717) is 17.7 Å². The highest BCUT2D eigenvalue weighted by Crippen LogP contribution is 2.29. The molecule has 3 N–H and O–H groups in total. The first-order chi connectivity index (χ1) is 14.1. The molecule has 7 nitrogen and oxygen atoms in total. The third-order valence-corrected chi connectivity index (χ3v) is 6.09. The van der Waals surface area contributed by atoms with Gasteiger partial charge >= 0.3 is 0 Å². The van der Waals surface area contributed by atoms with Crippen LogP contribution in [-0.4, -0.2) is 54.9 Å². The molecule has 0 fully saturated rings. The summed E-state index contributed by atoms with van der Waals surface area (Å²) in [6, 6.07) is 0.497. The zero-order valence-electron chi connectivity index (χ0n) is 17.3. The summed E-state index contributed by atoms with van der Waals surface area (Å²) in [7, 11) is 0. The molecule has 0 aliphatic heterocycles. The monoisotopic (exact) mass is 442 g/mol. The van der Waals surface area contributed by atoms with Gasteiger partial charge in [-0.1, -0.05) is 19.8 Å². The Morgan fingerprint density at radius 1 is 1.17 bits per heavy atom. The molecule has 1 aromatic heterocycles. The quantitative estimate of drug-likeness (QED) is 0.263. The van der Waals surface area contributed by atoms with Crippen molar-refractivity contribution in [1.82, 2.24) is 15.6 Å². The molecule has 9 heteroatoms. The van der Waals surface area contributed by atoms with Crippen LogP contribution in [0.3, 0.4) is 0 Å². The second kappa shape index (κ2) is 14.0. The average molecular weight is 443 g/mol. The largest absolute Gasteiger partial charge is 0.362 e. The second-order valence-electron chi connectivity index (χ2n) is 7.31. The molecule has 0 aromatic carbocycles.